The molecule has 2 heterocycles. The van der Waals surface area contributed by atoms with E-state index in [1.54, 1.807) is 0 Å². The Hall–Kier alpha value is -0.160. The van der Waals surface area contributed by atoms with Crippen molar-refractivity contribution in [3.8, 4) is 0 Å². The molecule has 3 N–H and O–H groups in total. The van der Waals surface area contributed by atoms with Gasteiger partial charge in [-0.3, -0.25) is 16.2 Å². The van der Waals surface area contributed by atoms with E-state index in [-0.39, 0.29) is 5.54 Å². The Balaban J connectivity index is 2.04. The largest absolute Gasteiger partial charge is 0.381 e. The first-order chi connectivity index (χ1) is 9.16. The number of hydrogen-bond donors (Lipinski definition) is 2. The highest BCUT2D eigenvalue weighted by Crippen LogP contribution is 2.31. The van der Waals surface area contributed by atoms with Gasteiger partial charge < -0.3 is 4.74 Å². The van der Waals surface area contributed by atoms with Crippen LogP contribution in [-0.4, -0.2) is 42.8 Å². The van der Waals surface area contributed by atoms with E-state index in [1.165, 1.54) is 38.8 Å². The van der Waals surface area contributed by atoms with Gasteiger partial charge in [0, 0.05) is 24.8 Å². The number of nitrogens with zero attached hydrogens (tertiary/aromatic N) is 1. The van der Waals surface area contributed by atoms with E-state index in [0.717, 1.165) is 26.1 Å². The summed E-state index contributed by atoms with van der Waals surface area (Å²) in [5, 5.41) is 0. The van der Waals surface area contributed by atoms with Crippen LogP contribution in [0.25, 0.3) is 0 Å². The molecule has 0 bridgehead atoms. The van der Waals surface area contributed by atoms with Crippen LogP contribution in [0.2, 0.25) is 0 Å². The van der Waals surface area contributed by atoms with Crippen LogP contribution in [0.15, 0.2) is 0 Å². The van der Waals surface area contributed by atoms with Crippen molar-refractivity contribution in [3.05, 3.63) is 0 Å². The third-order valence-electron chi connectivity index (χ3n) is 5.10. The third kappa shape index (κ3) is 3.69. The summed E-state index contributed by atoms with van der Waals surface area (Å²) in [6, 6.07) is 0.356. The quantitative estimate of drug-likeness (QED) is 0.604. The first kappa shape index (κ1) is 15.2. The Kier molecular flexibility index (Phi) is 5.63. The summed E-state index contributed by atoms with van der Waals surface area (Å²) in [4.78, 5) is 2.65. The maximum atomic E-state index is 5.92. The van der Waals surface area contributed by atoms with E-state index in [0.29, 0.717) is 12.0 Å². The molecule has 19 heavy (non-hydrogen) atoms. The van der Waals surface area contributed by atoms with E-state index in [1.807, 2.05) is 0 Å². The third-order valence-corrected chi connectivity index (χ3v) is 5.10. The van der Waals surface area contributed by atoms with Crippen molar-refractivity contribution >= 4 is 0 Å². The fourth-order valence-corrected chi connectivity index (χ4v) is 3.81. The van der Waals surface area contributed by atoms with Crippen molar-refractivity contribution in [2.75, 3.05) is 26.3 Å². The molecule has 2 aliphatic rings. The zero-order valence-corrected chi connectivity index (χ0v) is 12.7. The zero-order valence-electron chi connectivity index (χ0n) is 12.7. The van der Waals surface area contributed by atoms with Gasteiger partial charge in [-0.2, -0.15) is 0 Å². The minimum Gasteiger partial charge on any atom is -0.381 e. The molecule has 1 unspecified atom stereocenters. The average Bonchev–Trinajstić information content (AvgIpc) is 2.70. The number of hydrogen-bond acceptors (Lipinski definition) is 4. The van der Waals surface area contributed by atoms with Crippen LogP contribution in [0.4, 0.5) is 0 Å². The van der Waals surface area contributed by atoms with Gasteiger partial charge in [0.2, 0.25) is 0 Å². The predicted molar refractivity (Wildman–Crippen MR) is 78.8 cm³/mol. The first-order valence-electron chi connectivity index (χ1n) is 7.95. The van der Waals surface area contributed by atoms with Gasteiger partial charge in [0.25, 0.3) is 0 Å². The van der Waals surface area contributed by atoms with Crippen LogP contribution in [0.5, 0.6) is 0 Å². The number of rotatable bonds is 4. The summed E-state index contributed by atoms with van der Waals surface area (Å²) in [5.74, 6) is 6.55. The molecule has 0 radical (unpaired) electrons. The van der Waals surface area contributed by atoms with Gasteiger partial charge >= 0.3 is 0 Å². The molecule has 0 aromatic heterocycles. The topological polar surface area (TPSA) is 50.5 Å². The lowest BCUT2D eigenvalue weighted by Crippen LogP contribution is -2.63. The van der Waals surface area contributed by atoms with Crippen LogP contribution in [0.3, 0.4) is 0 Å². The molecule has 0 aromatic rings. The first-order valence-corrected chi connectivity index (χ1v) is 7.95. The van der Waals surface area contributed by atoms with Gasteiger partial charge in [-0.05, 0) is 58.5 Å². The number of likely N-dealkylation sites (tertiary alicyclic amines) is 1. The molecule has 0 saturated carbocycles. The van der Waals surface area contributed by atoms with Crippen molar-refractivity contribution in [1.82, 2.24) is 10.3 Å². The normalized spacial score (nSPS) is 26.1. The Labute approximate surface area is 118 Å². The molecular formula is C15H31N3O. The zero-order chi connectivity index (χ0) is 13.7. The molecule has 112 valence electrons. The van der Waals surface area contributed by atoms with Crippen LogP contribution >= 0.6 is 0 Å². The van der Waals surface area contributed by atoms with Crippen molar-refractivity contribution in [1.29, 1.82) is 0 Å². The second kappa shape index (κ2) is 7.02. The number of nitrogens with one attached hydrogen (secondary N) is 1. The molecule has 4 heteroatoms. The van der Waals surface area contributed by atoms with E-state index < -0.39 is 0 Å². The lowest BCUT2D eigenvalue weighted by atomic mass is 9.79. The van der Waals surface area contributed by atoms with Gasteiger partial charge in [-0.1, -0.05) is 12.8 Å². The minimum atomic E-state index is 0.126. The van der Waals surface area contributed by atoms with E-state index in [2.05, 4.69) is 24.2 Å². The Morgan fingerprint density at radius 3 is 2.21 bits per heavy atom. The van der Waals surface area contributed by atoms with E-state index >= 15 is 0 Å². The second-order valence-electron chi connectivity index (χ2n) is 6.65. The standard InChI is InChI=1S/C15H31N3O/c1-15(2,18-9-5-3-4-6-10-18)14(17-16)13-7-11-19-12-8-13/h13-14,17H,3-12,16H2,1-2H3. The lowest BCUT2D eigenvalue weighted by molar-refractivity contribution is 0.00626. The molecule has 0 spiro atoms. The fraction of sp³-hybridized carbons (Fsp3) is 1.00. The van der Waals surface area contributed by atoms with Gasteiger partial charge in [0.15, 0.2) is 0 Å². The monoisotopic (exact) mass is 269 g/mol. The van der Waals surface area contributed by atoms with Gasteiger partial charge in [0.05, 0.1) is 0 Å². The number of ether oxygens (including phenoxy) is 1. The minimum absolute atomic E-state index is 0.126. The lowest BCUT2D eigenvalue weighted by Gasteiger charge is -2.47. The summed E-state index contributed by atoms with van der Waals surface area (Å²) in [5.41, 5.74) is 3.26. The summed E-state index contributed by atoms with van der Waals surface area (Å²) in [7, 11) is 0. The van der Waals surface area contributed by atoms with Gasteiger partial charge in [-0.15, -0.1) is 0 Å². The Morgan fingerprint density at radius 2 is 1.68 bits per heavy atom. The van der Waals surface area contributed by atoms with Crippen molar-refractivity contribution in [3.63, 3.8) is 0 Å². The number of nitrogens with two attached hydrogens (primary N) is 1. The summed E-state index contributed by atoms with van der Waals surface area (Å²) in [6.07, 6.45) is 7.68. The molecular weight excluding hydrogens is 238 g/mol. The highest BCUT2D eigenvalue weighted by Gasteiger charge is 2.39. The smallest absolute Gasteiger partial charge is 0.0469 e. The van der Waals surface area contributed by atoms with Crippen LogP contribution in [0, 0.1) is 5.92 Å². The Morgan fingerprint density at radius 1 is 1.11 bits per heavy atom. The summed E-state index contributed by atoms with van der Waals surface area (Å²) < 4.78 is 5.49. The van der Waals surface area contributed by atoms with Crippen molar-refractivity contribution in [2.24, 2.45) is 11.8 Å². The highest BCUT2D eigenvalue weighted by molar-refractivity contribution is 4.97. The Bertz CT molecular complexity index is 256. The molecule has 1 atom stereocenters. The van der Waals surface area contributed by atoms with E-state index in [9.17, 15) is 0 Å². The average molecular weight is 269 g/mol. The molecule has 2 aliphatic heterocycles. The molecule has 4 nitrogen and oxygen atoms in total. The van der Waals surface area contributed by atoms with Crippen LogP contribution in [-0.2, 0) is 4.74 Å². The summed E-state index contributed by atoms with van der Waals surface area (Å²) in [6.45, 7) is 8.93. The summed E-state index contributed by atoms with van der Waals surface area (Å²) >= 11 is 0. The van der Waals surface area contributed by atoms with Crippen molar-refractivity contribution < 1.29 is 4.74 Å². The van der Waals surface area contributed by atoms with Crippen molar-refractivity contribution in [2.45, 2.75) is 64.0 Å². The van der Waals surface area contributed by atoms with Gasteiger partial charge in [-0.25, -0.2) is 0 Å². The maximum Gasteiger partial charge on any atom is 0.0469 e. The molecule has 0 aromatic carbocycles. The highest BCUT2D eigenvalue weighted by atomic mass is 16.5. The van der Waals surface area contributed by atoms with Crippen LogP contribution < -0.4 is 11.3 Å². The molecule has 0 amide bonds. The van der Waals surface area contributed by atoms with Gasteiger partial charge in [0.1, 0.15) is 0 Å². The number of hydrazine groups is 1. The fourth-order valence-electron chi connectivity index (χ4n) is 3.81. The molecule has 2 saturated heterocycles. The molecule has 2 fully saturated rings. The predicted octanol–water partition coefficient (Wildman–Crippen LogP) is 1.90. The maximum absolute atomic E-state index is 5.92. The van der Waals surface area contributed by atoms with Crippen LogP contribution in [0.1, 0.15) is 52.4 Å². The molecule has 2 rings (SSSR count). The van der Waals surface area contributed by atoms with E-state index in [4.69, 9.17) is 10.6 Å². The second-order valence-corrected chi connectivity index (χ2v) is 6.65. The SMILES string of the molecule is CC(C)(C(NN)C1CCOCC1)N1CCCCCC1. The molecule has 0 aliphatic carbocycles.